The van der Waals surface area contributed by atoms with Gasteiger partial charge in [0.25, 0.3) is 0 Å². The summed E-state index contributed by atoms with van der Waals surface area (Å²) in [5.41, 5.74) is 1.97. The number of hydrogen-bond acceptors (Lipinski definition) is 10. The predicted molar refractivity (Wildman–Crippen MR) is 191 cm³/mol. The molecule has 0 radical (unpaired) electrons. The molecule has 4 rings (SSSR count). The normalized spacial score (nSPS) is 15.0. The maximum absolute atomic E-state index is 14.0. The molecule has 3 atom stereocenters. The van der Waals surface area contributed by atoms with Crippen LogP contribution in [0.4, 0.5) is 5.69 Å². The molecule has 15 nitrogen and oxygen atoms in total. The van der Waals surface area contributed by atoms with Crippen LogP contribution in [0.2, 0.25) is 0 Å². The van der Waals surface area contributed by atoms with Crippen molar-refractivity contribution < 1.29 is 48.6 Å². The maximum atomic E-state index is 14.0. The van der Waals surface area contributed by atoms with Gasteiger partial charge in [-0.2, -0.15) is 0 Å². The number of carbonyl (C=O) groups is 6. The molecule has 1 aliphatic rings. The van der Waals surface area contributed by atoms with Crippen LogP contribution in [0.5, 0.6) is 5.75 Å². The molecule has 1 fully saturated rings. The van der Waals surface area contributed by atoms with Gasteiger partial charge in [-0.05, 0) is 61.4 Å². The fourth-order valence-corrected chi connectivity index (χ4v) is 6.02. The highest BCUT2D eigenvalue weighted by molar-refractivity contribution is 5.98. The number of nitro groups is 1. The van der Waals surface area contributed by atoms with E-state index in [0.29, 0.717) is 17.5 Å². The number of carbonyl (C=O) groups excluding carboxylic acids is 5. The lowest BCUT2D eigenvalue weighted by Crippen LogP contribution is -2.55. The van der Waals surface area contributed by atoms with Gasteiger partial charge in [-0.25, -0.2) is 4.79 Å². The number of likely N-dealkylation sites (tertiary alicyclic amines) is 1. The highest BCUT2D eigenvalue weighted by Crippen LogP contribution is 2.27. The number of hydrogen-bond donors (Lipinski definition) is 4. The minimum absolute atomic E-state index is 0.00584. The summed E-state index contributed by atoms with van der Waals surface area (Å²) in [5.74, 6) is -5.66. The van der Waals surface area contributed by atoms with Crippen LogP contribution in [0, 0.1) is 24.0 Å². The predicted octanol–water partition coefficient (Wildman–Crippen LogP) is 3.42. The van der Waals surface area contributed by atoms with Crippen LogP contribution in [-0.4, -0.2) is 86.8 Å². The first kappa shape index (κ1) is 39.4. The molecule has 3 amide bonds. The molecule has 53 heavy (non-hydrogen) atoms. The number of rotatable bonds is 16. The van der Waals surface area contributed by atoms with Gasteiger partial charge in [-0.3, -0.25) is 34.1 Å². The van der Waals surface area contributed by atoms with Crippen molar-refractivity contribution >= 4 is 47.2 Å². The Bertz CT molecular complexity index is 1890. The molecule has 4 N–H and O–H groups in total. The molecular weight excluding hydrogens is 688 g/mol. The van der Waals surface area contributed by atoms with Crippen LogP contribution in [0.15, 0.2) is 72.8 Å². The van der Waals surface area contributed by atoms with Crippen LogP contribution in [0.1, 0.15) is 58.3 Å². The van der Waals surface area contributed by atoms with Crippen LogP contribution < -0.4 is 10.6 Å². The zero-order valence-corrected chi connectivity index (χ0v) is 29.2. The molecule has 0 spiro atoms. The zero-order valence-electron chi connectivity index (χ0n) is 29.2. The number of Topliss-reactive ketones (excluding diaryl/α,β-unsaturated/α-hetero) is 1. The molecule has 0 saturated carbocycles. The molecule has 0 bridgehead atoms. The number of nitrogens with zero attached hydrogens (tertiary/aromatic N) is 2. The van der Waals surface area contributed by atoms with Crippen LogP contribution in [-0.2, 0) is 35.1 Å². The highest BCUT2D eigenvalue weighted by atomic mass is 16.6. The number of nitro benzene ring substituents is 1. The number of carboxylic acids is 1. The first-order valence-corrected chi connectivity index (χ1v) is 16.8. The average molecular weight is 729 g/mol. The van der Waals surface area contributed by atoms with Crippen molar-refractivity contribution in [3.8, 4) is 5.75 Å². The fraction of sp³-hybridized carbons (Fsp3) is 0.316. The Kier molecular flexibility index (Phi) is 13.5. The summed E-state index contributed by atoms with van der Waals surface area (Å²) >= 11 is 0. The van der Waals surface area contributed by atoms with E-state index in [-0.39, 0.29) is 36.9 Å². The molecular formula is C38H40N4O11. The lowest BCUT2D eigenvalue weighted by atomic mass is 10.0. The smallest absolute Gasteiger partial charge is 0.339 e. The number of phenolic OH excluding ortho intramolecular Hbond substituents is 1. The number of phenols is 1. The van der Waals surface area contributed by atoms with Crippen molar-refractivity contribution in [1.82, 2.24) is 15.5 Å². The van der Waals surface area contributed by atoms with E-state index in [9.17, 15) is 49.1 Å². The molecule has 1 aliphatic heterocycles. The Labute approximate surface area is 304 Å². The zero-order chi connectivity index (χ0) is 38.7. The fourth-order valence-electron chi connectivity index (χ4n) is 6.02. The number of esters is 1. The van der Waals surface area contributed by atoms with Crippen LogP contribution >= 0.6 is 0 Å². The molecule has 0 aromatic heterocycles. The number of aliphatic carboxylic acids is 1. The van der Waals surface area contributed by atoms with Crippen LogP contribution in [0.3, 0.4) is 0 Å². The van der Waals surface area contributed by atoms with E-state index in [2.05, 4.69) is 10.6 Å². The van der Waals surface area contributed by atoms with Crippen molar-refractivity contribution in [1.29, 1.82) is 0 Å². The largest absolute Gasteiger partial charge is 0.502 e. The SMILES string of the molecule is Cc1cccc(C)c1C(=O)OCC(=O)[C@H](CC(=O)O)NC(=O)C1CCCN1C(=O)[C@H](CC=Cc1ccccc1)NC(=O)Cc1ccc(O)c([N+](=O)[O-])c1. The third kappa shape index (κ3) is 10.8. The van der Waals surface area contributed by atoms with Gasteiger partial charge < -0.3 is 30.5 Å². The molecule has 1 unspecified atom stereocenters. The second-order valence-corrected chi connectivity index (χ2v) is 12.6. The summed E-state index contributed by atoms with van der Waals surface area (Å²) in [7, 11) is 0. The Morgan fingerprint density at radius 3 is 2.34 bits per heavy atom. The van der Waals surface area contributed by atoms with E-state index in [4.69, 9.17) is 4.74 Å². The Morgan fingerprint density at radius 1 is 0.981 bits per heavy atom. The summed E-state index contributed by atoms with van der Waals surface area (Å²) in [6, 6.07) is 14.0. The van der Waals surface area contributed by atoms with Gasteiger partial charge in [0.05, 0.1) is 23.3 Å². The highest BCUT2D eigenvalue weighted by Gasteiger charge is 2.39. The summed E-state index contributed by atoms with van der Waals surface area (Å²) in [6.45, 7) is 2.73. The summed E-state index contributed by atoms with van der Waals surface area (Å²) in [5, 5.41) is 35.6. The number of amides is 3. The average Bonchev–Trinajstić information content (AvgIpc) is 3.61. The topological polar surface area (TPSA) is 223 Å². The quantitative estimate of drug-likeness (QED) is 0.0950. The number of benzene rings is 3. The van der Waals surface area contributed by atoms with Gasteiger partial charge in [-0.15, -0.1) is 0 Å². The monoisotopic (exact) mass is 728 g/mol. The third-order valence-electron chi connectivity index (χ3n) is 8.67. The van der Waals surface area contributed by atoms with E-state index in [1.165, 1.54) is 11.0 Å². The Morgan fingerprint density at radius 2 is 1.68 bits per heavy atom. The van der Waals surface area contributed by atoms with Crippen LogP contribution in [0.25, 0.3) is 6.08 Å². The Balaban J connectivity index is 1.48. The molecule has 278 valence electrons. The van der Waals surface area contributed by atoms with Gasteiger partial charge in [-0.1, -0.05) is 66.7 Å². The van der Waals surface area contributed by atoms with Crippen molar-refractivity contribution in [2.45, 2.75) is 64.1 Å². The number of ether oxygens (including phenoxy) is 1. The van der Waals surface area contributed by atoms with Crippen molar-refractivity contribution in [3.63, 3.8) is 0 Å². The third-order valence-corrected chi connectivity index (χ3v) is 8.67. The Hall–Kier alpha value is -6.38. The first-order chi connectivity index (χ1) is 25.2. The van der Waals surface area contributed by atoms with E-state index in [1.807, 2.05) is 30.3 Å². The second kappa shape index (κ2) is 18.2. The molecule has 3 aromatic carbocycles. The molecule has 1 heterocycles. The molecule has 1 saturated heterocycles. The van der Waals surface area contributed by atoms with Gasteiger partial charge in [0.2, 0.25) is 17.7 Å². The van der Waals surface area contributed by atoms with E-state index in [1.54, 1.807) is 44.2 Å². The summed E-state index contributed by atoms with van der Waals surface area (Å²) in [4.78, 5) is 90.0. The van der Waals surface area contributed by atoms with Crippen molar-refractivity contribution in [2.75, 3.05) is 13.2 Å². The van der Waals surface area contributed by atoms with Gasteiger partial charge in [0, 0.05) is 12.6 Å². The maximum Gasteiger partial charge on any atom is 0.339 e. The molecule has 15 heteroatoms. The first-order valence-electron chi connectivity index (χ1n) is 16.8. The lowest BCUT2D eigenvalue weighted by Gasteiger charge is -2.29. The van der Waals surface area contributed by atoms with Gasteiger partial charge >= 0.3 is 17.6 Å². The number of aromatic hydroxyl groups is 1. The minimum atomic E-state index is -1.57. The molecule has 0 aliphatic carbocycles. The number of carboxylic acid groups (broad SMARTS) is 1. The van der Waals surface area contributed by atoms with Gasteiger partial charge in [0.1, 0.15) is 18.1 Å². The number of nitrogens with one attached hydrogen (secondary N) is 2. The number of ketones is 1. The van der Waals surface area contributed by atoms with Crippen molar-refractivity contribution in [2.24, 2.45) is 0 Å². The second-order valence-electron chi connectivity index (χ2n) is 12.6. The van der Waals surface area contributed by atoms with Crippen molar-refractivity contribution in [3.05, 3.63) is 111 Å². The molecule has 3 aromatic rings. The lowest BCUT2D eigenvalue weighted by molar-refractivity contribution is -0.385. The summed E-state index contributed by atoms with van der Waals surface area (Å²) < 4.78 is 5.20. The summed E-state index contributed by atoms with van der Waals surface area (Å²) in [6.07, 6.45) is 2.85. The standard InChI is InChI=1S/C38H40N4O11/c1-23-9-6-10-24(2)35(23)38(50)53-22-32(44)28(21-34(46)47)40-36(48)29-15-8-18-41(29)37(49)27(14-7-13-25-11-4-3-5-12-25)39-33(45)20-26-16-17-31(43)30(19-26)42(51)52/h3-7,9-13,16-17,19,27-29,43H,8,14-15,18,20-22H2,1-2H3,(H,39,45)(H,40,48)(H,46,47)/t27-,28-,29?/m0/s1. The minimum Gasteiger partial charge on any atom is -0.502 e. The van der Waals surface area contributed by atoms with E-state index >= 15 is 0 Å². The van der Waals surface area contributed by atoms with E-state index < -0.39 is 83.0 Å². The van der Waals surface area contributed by atoms with E-state index in [0.717, 1.165) is 17.7 Å². The van der Waals surface area contributed by atoms with Gasteiger partial charge in [0.15, 0.2) is 18.1 Å². The number of aryl methyl sites for hydroxylation is 2.